The van der Waals surface area contributed by atoms with Crippen LogP contribution >= 0.6 is 23.5 Å². The fraction of sp³-hybridized carbons (Fsp3) is 0.0833. The van der Waals surface area contributed by atoms with E-state index >= 15 is 0 Å². The Balaban J connectivity index is 1.59. The number of carbonyl (C=O) groups is 1. The molecule has 5 rings (SSSR count). The van der Waals surface area contributed by atoms with Gasteiger partial charge < -0.3 is 4.90 Å². The standard InChI is InChI=1S/C24H19N3OS2/c1-3-15-27-22(28)21(23-26(2)19-13-6-7-14-20(19)29-23)30-24(27)25-18-12-8-10-16-9-4-5-11-17(16)18/h3-14H,1,15H2,2H3. The Morgan fingerprint density at radius 2 is 1.77 bits per heavy atom. The number of benzene rings is 3. The number of para-hydroxylation sites is 1. The van der Waals surface area contributed by atoms with E-state index in [-0.39, 0.29) is 5.91 Å². The van der Waals surface area contributed by atoms with Gasteiger partial charge in [-0.05, 0) is 35.3 Å². The summed E-state index contributed by atoms with van der Waals surface area (Å²) in [5.41, 5.74) is 1.98. The van der Waals surface area contributed by atoms with E-state index in [1.54, 1.807) is 22.7 Å². The molecule has 2 heterocycles. The molecule has 0 spiro atoms. The third kappa shape index (κ3) is 3.13. The number of fused-ring (bicyclic) bond motifs is 2. The van der Waals surface area contributed by atoms with Crippen LogP contribution in [-0.4, -0.2) is 29.6 Å². The molecule has 0 N–H and O–H groups in total. The van der Waals surface area contributed by atoms with Gasteiger partial charge in [-0.3, -0.25) is 9.69 Å². The first-order valence-electron chi connectivity index (χ1n) is 9.59. The number of rotatable bonds is 3. The Labute approximate surface area is 184 Å². The maximum Gasteiger partial charge on any atom is 0.269 e. The minimum absolute atomic E-state index is 0.0268. The second-order valence-electron chi connectivity index (χ2n) is 6.96. The van der Waals surface area contributed by atoms with E-state index in [1.807, 2.05) is 43.4 Å². The van der Waals surface area contributed by atoms with E-state index < -0.39 is 0 Å². The third-order valence-corrected chi connectivity index (χ3v) is 7.52. The smallest absolute Gasteiger partial charge is 0.269 e. The first-order chi connectivity index (χ1) is 14.7. The number of hydrogen-bond acceptors (Lipinski definition) is 5. The highest BCUT2D eigenvalue weighted by Crippen LogP contribution is 2.50. The molecule has 0 atom stereocenters. The fourth-order valence-corrected chi connectivity index (χ4v) is 5.96. The van der Waals surface area contributed by atoms with Crippen LogP contribution in [0.5, 0.6) is 0 Å². The second kappa shape index (κ2) is 7.70. The van der Waals surface area contributed by atoms with Gasteiger partial charge in [0.1, 0.15) is 4.91 Å². The lowest BCUT2D eigenvalue weighted by Crippen LogP contribution is -2.29. The van der Waals surface area contributed by atoms with Crippen LogP contribution in [0.25, 0.3) is 10.8 Å². The van der Waals surface area contributed by atoms with Crippen molar-refractivity contribution in [2.75, 3.05) is 18.5 Å². The number of carbonyl (C=O) groups excluding carboxylic acids is 1. The summed E-state index contributed by atoms with van der Waals surface area (Å²) < 4.78 is 0. The number of aliphatic imine (C=N–C) groups is 1. The van der Waals surface area contributed by atoms with Gasteiger partial charge in [0.2, 0.25) is 0 Å². The molecule has 1 saturated heterocycles. The first kappa shape index (κ1) is 19.0. The summed E-state index contributed by atoms with van der Waals surface area (Å²) in [7, 11) is 2.01. The molecule has 0 aromatic heterocycles. The minimum Gasteiger partial charge on any atom is -0.337 e. The molecule has 2 aliphatic rings. The molecule has 0 radical (unpaired) electrons. The fourth-order valence-electron chi connectivity index (χ4n) is 3.62. The van der Waals surface area contributed by atoms with E-state index in [2.05, 4.69) is 41.8 Å². The number of amidine groups is 1. The van der Waals surface area contributed by atoms with Crippen molar-refractivity contribution in [2.24, 2.45) is 4.99 Å². The molecule has 0 saturated carbocycles. The molecule has 30 heavy (non-hydrogen) atoms. The zero-order valence-corrected chi connectivity index (χ0v) is 18.0. The van der Waals surface area contributed by atoms with Crippen molar-refractivity contribution in [3.8, 4) is 0 Å². The van der Waals surface area contributed by atoms with Crippen molar-refractivity contribution < 1.29 is 4.79 Å². The summed E-state index contributed by atoms with van der Waals surface area (Å²) >= 11 is 3.07. The van der Waals surface area contributed by atoms with E-state index in [4.69, 9.17) is 4.99 Å². The zero-order chi connectivity index (χ0) is 20.7. The summed E-state index contributed by atoms with van der Waals surface area (Å²) in [5.74, 6) is -0.0268. The number of thioether (sulfide) groups is 2. The lowest BCUT2D eigenvalue weighted by molar-refractivity contribution is -0.121. The van der Waals surface area contributed by atoms with Crippen LogP contribution < -0.4 is 4.90 Å². The minimum atomic E-state index is -0.0268. The van der Waals surface area contributed by atoms with Crippen molar-refractivity contribution in [1.82, 2.24) is 4.90 Å². The summed E-state index contributed by atoms with van der Waals surface area (Å²) in [4.78, 5) is 23.9. The maximum atomic E-state index is 13.3. The molecule has 4 nitrogen and oxygen atoms in total. The monoisotopic (exact) mass is 429 g/mol. The van der Waals surface area contributed by atoms with Gasteiger partial charge in [0.15, 0.2) is 5.17 Å². The number of amides is 1. The Bertz CT molecular complexity index is 1240. The SMILES string of the molecule is C=CCN1C(=O)C(=C2Sc3ccccc3N2C)SC1=Nc1cccc2ccccc12. The molecule has 148 valence electrons. The molecule has 1 fully saturated rings. The van der Waals surface area contributed by atoms with Crippen LogP contribution in [-0.2, 0) is 4.79 Å². The average Bonchev–Trinajstić information content (AvgIpc) is 3.26. The first-order valence-corrected chi connectivity index (χ1v) is 11.2. The number of nitrogens with zero attached hydrogens (tertiary/aromatic N) is 3. The normalized spacial score (nSPS) is 19.8. The molecule has 2 aliphatic heterocycles. The van der Waals surface area contributed by atoms with Gasteiger partial charge in [0, 0.05) is 23.9 Å². The molecular weight excluding hydrogens is 410 g/mol. The lowest BCUT2D eigenvalue weighted by Gasteiger charge is -2.15. The third-order valence-electron chi connectivity index (χ3n) is 5.09. The molecule has 1 amide bonds. The van der Waals surface area contributed by atoms with Crippen LogP contribution in [0.1, 0.15) is 0 Å². The van der Waals surface area contributed by atoms with Crippen molar-refractivity contribution >= 4 is 56.7 Å². The Kier molecular flexibility index (Phi) is 4.89. The predicted molar refractivity (Wildman–Crippen MR) is 128 cm³/mol. The van der Waals surface area contributed by atoms with E-state index in [0.29, 0.717) is 16.6 Å². The van der Waals surface area contributed by atoms with Gasteiger partial charge in [-0.1, -0.05) is 66.4 Å². The van der Waals surface area contributed by atoms with Gasteiger partial charge in [0.25, 0.3) is 5.91 Å². The Morgan fingerprint density at radius 3 is 2.60 bits per heavy atom. The molecule has 6 heteroatoms. The predicted octanol–water partition coefficient (Wildman–Crippen LogP) is 6.00. The van der Waals surface area contributed by atoms with Gasteiger partial charge in [-0.25, -0.2) is 4.99 Å². The molecule has 3 aromatic rings. The van der Waals surface area contributed by atoms with Gasteiger partial charge in [-0.15, -0.1) is 6.58 Å². The maximum absolute atomic E-state index is 13.3. The largest absolute Gasteiger partial charge is 0.337 e. The molecular formula is C24H19N3OS2. The topological polar surface area (TPSA) is 35.9 Å². The summed E-state index contributed by atoms with van der Waals surface area (Å²) in [5, 5.41) is 3.83. The van der Waals surface area contributed by atoms with Gasteiger partial charge in [0.05, 0.1) is 16.4 Å². The number of anilines is 1. The Morgan fingerprint density at radius 1 is 1.00 bits per heavy atom. The highest BCUT2D eigenvalue weighted by atomic mass is 32.2. The zero-order valence-electron chi connectivity index (χ0n) is 16.4. The van der Waals surface area contributed by atoms with Crippen molar-refractivity contribution in [3.63, 3.8) is 0 Å². The summed E-state index contributed by atoms with van der Waals surface area (Å²) in [6.07, 6.45) is 1.74. The molecule has 3 aromatic carbocycles. The van der Waals surface area contributed by atoms with Gasteiger partial charge in [-0.2, -0.15) is 0 Å². The molecule has 0 unspecified atom stereocenters. The van der Waals surface area contributed by atoms with Crippen LogP contribution in [0.2, 0.25) is 0 Å². The highest BCUT2D eigenvalue weighted by Gasteiger charge is 2.38. The van der Waals surface area contributed by atoms with Crippen LogP contribution in [0.3, 0.4) is 0 Å². The second-order valence-corrected chi connectivity index (χ2v) is 8.97. The van der Waals surface area contributed by atoms with Crippen LogP contribution in [0.4, 0.5) is 11.4 Å². The van der Waals surface area contributed by atoms with Crippen molar-refractivity contribution in [1.29, 1.82) is 0 Å². The van der Waals surface area contributed by atoms with E-state index in [0.717, 1.165) is 32.1 Å². The van der Waals surface area contributed by atoms with Crippen LogP contribution in [0.15, 0.2) is 99.2 Å². The van der Waals surface area contributed by atoms with Crippen molar-refractivity contribution in [2.45, 2.75) is 4.90 Å². The van der Waals surface area contributed by atoms with E-state index in [9.17, 15) is 4.79 Å². The summed E-state index contributed by atoms with van der Waals surface area (Å²) in [6.45, 7) is 4.25. The van der Waals surface area contributed by atoms with Gasteiger partial charge >= 0.3 is 0 Å². The average molecular weight is 430 g/mol. The van der Waals surface area contributed by atoms with Crippen LogP contribution in [0, 0.1) is 0 Å². The lowest BCUT2D eigenvalue weighted by atomic mass is 10.1. The van der Waals surface area contributed by atoms with Crippen molar-refractivity contribution in [3.05, 3.63) is 89.3 Å². The number of hydrogen-bond donors (Lipinski definition) is 0. The quantitative estimate of drug-likeness (QED) is 0.378. The van der Waals surface area contributed by atoms with E-state index in [1.165, 1.54) is 11.8 Å². The molecule has 0 aliphatic carbocycles. The molecule has 0 bridgehead atoms. The Hall–Kier alpha value is -2.96. The summed E-state index contributed by atoms with van der Waals surface area (Å²) in [6, 6.07) is 22.4. The highest BCUT2D eigenvalue weighted by molar-refractivity contribution is 8.19.